The molecule has 0 bridgehead atoms. The minimum absolute atomic E-state index is 0.378. The van der Waals surface area contributed by atoms with Gasteiger partial charge in [0.2, 0.25) is 0 Å². The molecular weight excluding hydrogens is 204 g/mol. The zero-order valence-electron chi connectivity index (χ0n) is 10.9. The molecule has 0 aromatic heterocycles. The SMILES string of the molecule is C=C1CN(C)C[C@]1(C)NC(=O)OC(C)(C)C. The van der Waals surface area contributed by atoms with E-state index in [9.17, 15) is 4.79 Å². The number of carbonyl (C=O) groups excluding carboxylic acids is 1. The number of likely N-dealkylation sites (N-methyl/N-ethyl adjacent to an activating group) is 1. The fourth-order valence-electron chi connectivity index (χ4n) is 1.86. The molecule has 1 aliphatic heterocycles. The van der Waals surface area contributed by atoms with Gasteiger partial charge in [-0.3, -0.25) is 4.90 Å². The first-order chi connectivity index (χ1) is 7.12. The average molecular weight is 226 g/mol. The number of nitrogens with zero attached hydrogens (tertiary/aromatic N) is 1. The first kappa shape index (κ1) is 13.0. The van der Waals surface area contributed by atoms with Gasteiger partial charge in [0.25, 0.3) is 0 Å². The lowest BCUT2D eigenvalue weighted by molar-refractivity contribution is 0.0481. The van der Waals surface area contributed by atoms with Crippen molar-refractivity contribution in [1.29, 1.82) is 0 Å². The number of nitrogens with one attached hydrogen (secondary N) is 1. The molecular formula is C12H22N2O2. The Morgan fingerprint density at radius 2 is 2.12 bits per heavy atom. The molecule has 4 heteroatoms. The first-order valence-electron chi connectivity index (χ1n) is 5.50. The third-order valence-electron chi connectivity index (χ3n) is 2.60. The molecule has 0 spiro atoms. The van der Waals surface area contributed by atoms with E-state index in [-0.39, 0.29) is 11.6 Å². The van der Waals surface area contributed by atoms with Crippen LogP contribution in [-0.2, 0) is 4.74 Å². The van der Waals surface area contributed by atoms with Crippen LogP contribution in [0.5, 0.6) is 0 Å². The van der Waals surface area contributed by atoms with Crippen molar-refractivity contribution >= 4 is 6.09 Å². The van der Waals surface area contributed by atoms with Crippen LogP contribution in [0.3, 0.4) is 0 Å². The van der Waals surface area contributed by atoms with Gasteiger partial charge in [-0.2, -0.15) is 0 Å². The summed E-state index contributed by atoms with van der Waals surface area (Å²) in [6.45, 7) is 13.1. The van der Waals surface area contributed by atoms with Crippen LogP contribution < -0.4 is 5.32 Å². The second kappa shape index (κ2) is 4.09. The van der Waals surface area contributed by atoms with Crippen LogP contribution in [0.25, 0.3) is 0 Å². The van der Waals surface area contributed by atoms with Crippen LogP contribution >= 0.6 is 0 Å². The molecule has 16 heavy (non-hydrogen) atoms. The van der Waals surface area contributed by atoms with Crippen molar-refractivity contribution in [3.63, 3.8) is 0 Å². The molecule has 1 aliphatic rings. The first-order valence-corrected chi connectivity index (χ1v) is 5.50. The smallest absolute Gasteiger partial charge is 0.408 e. The van der Waals surface area contributed by atoms with E-state index >= 15 is 0 Å². The maximum absolute atomic E-state index is 11.7. The normalized spacial score (nSPS) is 26.9. The van der Waals surface area contributed by atoms with Gasteiger partial charge >= 0.3 is 6.09 Å². The number of alkyl carbamates (subject to hydrolysis) is 1. The number of rotatable bonds is 1. The van der Waals surface area contributed by atoms with E-state index < -0.39 is 5.60 Å². The zero-order chi connectivity index (χ0) is 12.6. The Kier molecular flexibility index (Phi) is 3.33. The van der Waals surface area contributed by atoms with Crippen molar-refractivity contribution in [2.24, 2.45) is 0 Å². The molecule has 0 unspecified atom stereocenters. The molecule has 1 saturated heterocycles. The Morgan fingerprint density at radius 1 is 1.56 bits per heavy atom. The summed E-state index contributed by atoms with van der Waals surface area (Å²) in [6.07, 6.45) is -0.383. The van der Waals surface area contributed by atoms with E-state index in [1.807, 2.05) is 34.7 Å². The van der Waals surface area contributed by atoms with E-state index in [1.54, 1.807) is 0 Å². The lowest BCUT2D eigenvalue weighted by Crippen LogP contribution is -2.50. The quantitative estimate of drug-likeness (QED) is 0.693. The van der Waals surface area contributed by atoms with Gasteiger partial charge in [-0.25, -0.2) is 4.79 Å². The number of carbonyl (C=O) groups is 1. The Labute approximate surface area is 97.6 Å². The average Bonchev–Trinajstić information content (AvgIpc) is 2.19. The minimum atomic E-state index is -0.466. The van der Waals surface area contributed by atoms with Crippen molar-refractivity contribution in [2.75, 3.05) is 20.1 Å². The topological polar surface area (TPSA) is 41.6 Å². The third-order valence-corrected chi connectivity index (χ3v) is 2.60. The van der Waals surface area contributed by atoms with Crippen LogP contribution in [-0.4, -0.2) is 42.3 Å². The summed E-state index contributed by atoms with van der Waals surface area (Å²) in [5.74, 6) is 0. The Balaban J connectivity index is 2.60. The van der Waals surface area contributed by atoms with Gasteiger partial charge in [0.15, 0.2) is 0 Å². The van der Waals surface area contributed by atoms with E-state index in [2.05, 4.69) is 16.8 Å². The maximum atomic E-state index is 11.7. The highest BCUT2D eigenvalue weighted by molar-refractivity contribution is 5.69. The second-order valence-electron chi connectivity index (χ2n) is 5.73. The van der Waals surface area contributed by atoms with Crippen LogP contribution in [0.1, 0.15) is 27.7 Å². The van der Waals surface area contributed by atoms with Gasteiger partial charge in [-0.15, -0.1) is 0 Å². The molecule has 0 aromatic rings. The maximum Gasteiger partial charge on any atom is 0.408 e. The standard InChI is InChI=1S/C12H22N2O2/c1-9-7-14(6)8-12(9,5)13-10(15)16-11(2,3)4/h1,7-8H2,2-6H3,(H,13,15)/t12-/m0/s1. The molecule has 0 aromatic carbocycles. The van der Waals surface area contributed by atoms with Gasteiger partial charge in [0, 0.05) is 13.1 Å². The zero-order valence-corrected chi connectivity index (χ0v) is 10.9. The summed E-state index contributed by atoms with van der Waals surface area (Å²) in [7, 11) is 2.01. The Hall–Kier alpha value is -1.03. The van der Waals surface area contributed by atoms with E-state index in [4.69, 9.17) is 4.74 Å². The van der Waals surface area contributed by atoms with E-state index in [0.29, 0.717) is 0 Å². The van der Waals surface area contributed by atoms with Gasteiger partial charge in [-0.1, -0.05) is 6.58 Å². The number of ether oxygens (including phenoxy) is 1. The van der Waals surface area contributed by atoms with Gasteiger partial charge in [0.05, 0.1) is 5.54 Å². The number of amides is 1. The molecule has 1 amide bonds. The Morgan fingerprint density at radius 3 is 2.50 bits per heavy atom. The second-order valence-corrected chi connectivity index (χ2v) is 5.73. The molecule has 1 N–H and O–H groups in total. The van der Waals surface area contributed by atoms with Crippen molar-refractivity contribution in [3.8, 4) is 0 Å². The summed E-state index contributed by atoms with van der Waals surface area (Å²) in [5.41, 5.74) is 0.171. The van der Waals surface area contributed by atoms with Crippen molar-refractivity contribution in [1.82, 2.24) is 10.2 Å². The van der Waals surface area contributed by atoms with Crippen molar-refractivity contribution in [3.05, 3.63) is 12.2 Å². The van der Waals surface area contributed by atoms with Gasteiger partial charge in [-0.05, 0) is 40.3 Å². The van der Waals surface area contributed by atoms with Crippen molar-refractivity contribution < 1.29 is 9.53 Å². The lowest BCUT2D eigenvalue weighted by Gasteiger charge is -2.29. The van der Waals surface area contributed by atoms with Gasteiger partial charge in [0.1, 0.15) is 5.60 Å². The predicted molar refractivity (Wildman–Crippen MR) is 64.4 cm³/mol. The fourth-order valence-corrected chi connectivity index (χ4v) is 1.86. The molecule has 1 rings (SSSR count). The summed E-state index contributed by atoms with van der Waals surface area (Å²) >= 11 is 0. The van der Waals surface area contributed by atoms with E-state index in [1.165, 1.54) is 0 Å². The summed E-state index contributed by atoms with van der Waals surface area (Å²) in [4.78, 5) is 13.8. The van der Waals surface area contributed by atoms with Crippen LogP contribution in [0.15, 0.2) is 12.2 Å². The molecule has 0 radical (unpaired) electrons. The van der Waals surface area contributed by atoms with Crippen LogP contribution in [0, 0.1) is 0 Å². The number of hydrogen-bond acceptors (Lipinski definition) is 3. The minimum Gasteiger partial charge on any atom is -0.444 e. The summed E-state index contributed by atoms with van der Waals surface area (Å²) < 4.78 is 5.24. The molecule has 0 saturated carbocycles. The number of hydrogen-bond donors (Lipinski definition) is 1. The Bertz CT molecular complexity index is 307. The summed E-state index contributed by atoms with van der Waals surface area (Å²) in [6, 6.07) is 0. The van der Waals surface area contributed by atoms with Gasteiger partial charge < -0.3 is 10.1 Å². The predicted octanol–water partition coefficient (Wildman–Crippen LogP) is 1.77. The van der Waals surface area contributed by atoms with Crippen molar-refractivity contribution in [2.45, 2.75) is 38.8 Å². The molecule has 92 valence electrons. The third kappa shape index (κ3) is 3.23. The lowest BCUT2D eigenvalue weighted by atomic mass is 9.97. The molecule has 1 heterocycles. The highest BCUT2D eigenvalue weighted by atomic mass is 16.6. The largest absolute Gasteiger partial charge is 0.444 e. The highest BCUT2D eigenvalue weighted by Gasteiger charge is 2.37. The highest BCUT2D eigenvalue weighted by Crippen LogP contribution is 2.24. The molecule has 0 aliphatic carbocycles. The van der Waals surface area contributed by atoms with Crippen LogP contribution in [0.2, 0.25) is 0 Å². The molecule has 1 fully saturated rings. The summed E-state index contributed by atoms with van der Waals surface area (Å²) in [5, 5.41) is 2.89. The fraction of sp³-hybridized carbons (Fsp3) is 0.750. The van der Waals surface area contributed by atoms with Crippen LogP contribution in [0.4, 0.5) is 4.79 Å². The number of likely N-dealkylation sites (tertiary alicyclic amines) is 1. The molecule has 1 atom stereocenters. The van der Waals surface area contributed by atoms with E-state index in [0.717, 1.165) is 18.7 Å². The molecule has 4 nitrogen and oxygen atoms in total. The monoisotopic (exact) mass is 226 g/mol.